The quantitative estimate of drug-likeness (QED) is 0.0366. The van der Waals surface area contributed by atoms with Gasteiger partial charge in [0, 0.05) is 41.4 Å². The highest BCUT2D eigenvalue weighted by molar-refractivity contribution is 6.03. The van der Waals surface area contributed by atoms with Gasteiger partial charge in [0.05, 0.1) is 79.7 Å². The lowest BCUT2D eigenvalue weighted by atomic mass is 9.90. The minimum Gasteiger partial charge on any atom is -0.504 e. The van der Waals surface area contributed by atoms with Crippen LogP contribution in [0.2, 0.25) is 0 Å². The Bertz CT molecular complexity index is 3660. The SMILES string of the molecule is COc1cccc(C(=O)C2CC2)c1O.COc1cccc(C(=O)C2CC2)c1OC1CCCCO1.COc1cccc(C(C)(O)C2CC2)c1O.COc1cccc(C(C)C2CC2)c1O.COc1cccc(C(C)C2CC2)c1O.COc1ccccc1O.COc1ccccc1OC1CCCCO1. The van der Waals surface area contributed by atoms with E-state index in [0.717, 1.165) is 112 Å². The number of ether oxygens (including phenoxy) is 11. The van der Waals surface area contributed by atoms with Crippen LogP contribution in [0, 0.1) is 29.6 Å². The lowest BCUT2D eigenvalue weighted by Gasteiger charge is -2.25. The molecule has 5 saturated carbocycles. The first-order valence-corrected chi connectivity index (χ1v) is 35.3. The molecule has 19 nitrogen and oxygen atoms in total. The van der Waals surface area contributed by atoms with Gasteiger partial charge < -0.3 is 82.7 Å². The molecule has 6 N–H and O–H groups in total. The number of methoxy groups -OCH3 is 7. The Hall–Kier alpha value is -9.04. The fourth-order valence-electron chi connectivity index (χ4n) is 12.0. The fourth-order valence-corrected chi connectivity index (χ4v) is 12.0. The van der Waals surface area contributed by atoms with Gasteiger partial charge in [0.25, 0.3) is 0 Å². The Morgan fingerprint density at radius 2 is 0.782 bits per heavy atom. The Balaban J connectivity index is 0.000000151. The third-order valence-corrected chi connectivity index (χ3v) is 19.1. The highest BCUT2D eigenvalue weighted by atomic mass is 16.7. The average molecular weight is 1390 g/mol. The number of phenolic OH excluding ortho intramolecular Hbond substituents is 5. The number of carbonyl (C=O) groups is 2. The van der Waals surface area contributed by atoms with Gasteiger partial charge in [0.2, 0.25) is 0 Å². The Morgan fingerprint density at radius 3 is 1.21 bits per heavy atom. The van der Waals surface area contributed by atoms with Gasteiger partial charge in [-0.3, -0.25) is 9.59 Å². The largest absolute Gasteiger partial charge is 0.504 e. The van der Waals surface area contributed by atoms with Gasteiger partial charge in [0.1, 0.15) is 0 Å². The van der Waals surface area contributed by atoms with Crippen LogP contribution in [0.3, 0.4) is 0 Å². The number of para-hydroxylation sites is 9. The molecule has 5 atom stereocenters. The molecule has 0 aromatic heterocycles. The molecule has 0 spiro atoms. The summed E-state index contributed by atoms with van der Waals surface area (Å²) in [5.41, 5.74) is 2.66. The summed E-state index contributed by atoms with van der Waals surface area (Å²) < 4.78 is 58.2. The molecular weight excluding hydrogens is 1290 g/mol. The smallest absolute Gasteiger partial charge is 0.200 e. The molecule has 2 saturated heterocycles. The number of Topliss-reactive ketones (excluding diaryl/α,β-unsaturated/α-hetero) is 2. The first-order valence-electron chi connectivity index (χ1n) is 35.3. The maximum absolute atomic E-state index is 12.4. The molecule has 7 aromatic rings. The van der Waals surface area contributed by atoms with E-state index in [4.69, 9.17) is 57.2 Å². The van der Waals surface area contributed by atoms with Crippen LogP contribution in [0.4, 0.5) is 0 Å². The van der Waals surface area contributed by atoms with Gasteiger partial charge >= 0.3 is 0 Å². The molecule has 7 aliphatic rings. The normalized spacial score (nSPS) is 18.3. The van der Waals surface area contributed by atoms with Crippen molar-refractivity contribution in [2.24, 2.45) is 29.6 Å². The third kappa shape index (κ3) is 22.2. The van der Waals surface area contributed by atoms with E-state index in [1.54, 1.807) is 108 Å². The molecule has 0 bridgehead atoms. The molecule has 5 unspecified atom stereocenters. The number of rotatable bonds is 21. The predicted octanol–water partition coefficient (Wildman–Crippen LogP) is 17.0. The average Bonchev–Trinajstić information content (AvgIpc) is 1.68. The molecule has 546 valence electrons. The summed E-state index contributed by atoms with van der Waals surface area (Å²) in [5.74, 6) is 9.07. The van der Waals surface area contributed by atoms with Crippen LogP contribution in [-0.2, 0) is 15.1 Å². The van der Waals surface area contributed by atoms with Crippen molar-refractivity contribution in [2.75, 3.05) is 63.0 Å². The summed E-state index contributed by atoms with van der Waals surface area (Å²) in [6.07, 6.45) is 16.9. The number of carbonyl (C=O) groups excluding carboxylic acids is 2. The predicted molar refractivity (Wildman–Crippen MR) is 386 cm³/mol. The minimum absolute atomic E-state index is 0.0291. The van der Waals surface area contributed by atoms with Crippen LogP contribution in [0.5, 0.6) is 80.5 Å². The number of hydrogen-bond donors (Lipinski definition) is 6. The summed E-state index contributed by atoms with van der Waals surface area (Å²) in [6.45, 7) is 7.60. The topological polar surface area (TPSA) is 257 Å². The zero-order valence-corrected chi connectivity index (χ0v) is 60.2. The second kappa shape index (κ2) is 38.1. The van der Waals surface area contributed by atoms with E-state index in [0.29, 0.717) is 86.9 Å². The molecule has 101 heavy (non-hydrogen) atoms. The molecule has 7 aromatic carbocycles. The first-order chi connectivity index (χ1) is 48.8. The molecule has 2 aliphatic heterocycles. The van der Waals surface area contributed by atoms with Gasteiger partial charge in [-0.2, -0.15) is 0 Å². The van der Waals surface area contributed by atoms with Crippen LogP contribution >= 0.6 is 0 Å². The van der Waals surface area contributed by atoms with E-state index >= 15 is 0 Å². The van der Waals surface area contributed by atoms with Crippen LogP contribution in [-0.4, -0.2) is 118 Å². The van der Waals surface area contributed by atoms with Crippen molar-refractivity contribution in [1.82, 2.24) is 0 Å². The van der Waals surface area contributed by atoms with Crippen molar-refractivity contribution in [3.8, 4) is 80.5 Å². The lowest BCUT2D eigenvalue weighted by Crippen LogP contribution is -2.26. The molecular formula is C82H104O19. The van der Waals surface area contributed by atoms with Crippen molar-refractivity contribution in [3.05, 3.63) is 167 Å². The van der Waals surface area contributed by atoms with Gasteiger partial charge in [-0.15, -0.1) is 0 Å². The number of aliphatic hydroxyl groups is 1. The molecule has 14 rings (SSSR count). The van der Waals surface area contributed by atoms with Crippen molar-refractivity contribution in [2.45, 2.75) is 154 Å². The van der Waals surface area contributed by atoms with Crippen LogP contribution in [0.25, 0.3) is 0 Å². The summed E-state index contributed by atoms with van der Waals surface area (Å²) >= 11 is 0. The van der Waals surface area contributed by atoms with E-state index in [9.17, 15) is 35.1 Å². The number of ketones is 2. The molecule has 2 heterocycles. The standard InChI is InChI=1S/C16H20O4.2C12H16O3.2C12H16O2.C11H12O3.C7H8O2/c1-18-13-6-4-5-12(15(17)11-8-9-11)16(13)20-14-7-2-3-10-19-14;1-12(14,8-6-7-8)9-4-3-5-10(15-2)11(9)13;1-13-10-6-2-3-7-11(10)15-12-8-4-5-9-14-12;2*1-8(9-6-7-9)10-4-3-5-11(14-2)12(10)13;1-14-9-4-2-3-8(11(9)13)10(12)7-5-6-7;1-9-7-5-3-2-4-6(7)8/h4-6,11,14H,2-3,7-10H2,1H3;3-5,8,13-14H,6-7H2,1-2H3;2-3,6-7,12H,4-5,8-9H2,1H3;2*3-5,8-9,13H,6-7H2,1-2H3;2-4,7,13H,5-6H2,1H3;2-5,8H,1H3. The van der Waals surface area contributed by atoms with Crippen LogP contribution in [0.1, 0.15) is 173 Å². The van der Waals surface area contributed by atoms with Gasteiger partial charge in [-0.25, -0.2) is 0 Å². The molecule has 7 fully saturated rings. The Kier molecular flexibility index (Phi) is 29.3. The second-order valence-electron chi connectivity index (χ2n) is 26.4. The molecule has 19 heteroatoms. The molecule has 5 aliphatic carbocycles. The van der Waals surface area contributed by atoms with Crippen LogP contribution < -0.4 is 42.6 Å². The first kappa shape index (κ1) is 77.7. The van der Waals surface area contributed by atoms with Gasteiger partial charge in [0.15, 0.2) is 105 Å². The maximum atomic E-state index is 12.4. The highest BCUT2D eigenvalue weighted by Gasteiger charge is 2.43. The van der Waals surface area contributed by atoms with E-state index in [2.05, 4.69) is 13.8 Å². The third-order valence-electron chi connectivity index (χ3n) is 19.1. The van der Waals surface area contributed by atoms with Crippen molar-refractivity contribution in [1.29, 1.82) is 0 Å². The number of hydrogen-bond acceptors (Lipinski definition) is 19. The van der Waals surface area contributed by atoms with Crippen LogP contribution in [0.15, 0.2) is 140 Å². The summed E-state index contributed by atoms with van der Waals surface area (Å²) in [7, 11) is 10.9. The van der Waals surface area contributed by atoms with E-state index in [1.807, 2.05) is 66.7 Å². The highest BCUT2D eigenvalue weighted by Crippen LogP contribution is 2.51. The number of phenols is 5. The molecule has 0 radical (unpaired) electrons. The minimum atomic E-state index is -0.946. The van der Waals surface area contributed by atoms with Gasteiger partial charge in [-0.1, -0.05) is 86.6 Å². The Labute approximate surface area is 595 Å². The summed E-state index contributed by atoms with van der Waals surface area (Å²) in [6, 6.07) is 41.6. The monoisotopic (exact) mass is 1390 g/mol. The summed E-state index contributed by atoms with van der Waals surface area (Å²) in [4.78, 5) is 24.0. The lowest BCUT2D eigenvalue weighted by molar-refractivity contribution is -0.107. The van der Waals surface area contributed by atoms with Crippen molar-refractivity contribution >= 4 is 11.6 Å². The van der Waals surface area contributed by atoms with Crippen molar-refractivity contribution in [3.63, 3.8) is 0 Å². The van der Waals surface area contributed by atoms with E-state index in [1.165, 1.54) is 53.4 Å². The number of aromatic hydroxyl groups is 5. The number of benzene rings is 7. The zero-order valence-electron chi connectivity index (χ0n) is 60.2. The zero-order chi connectivity index (χ0) is 72.6. The maximum Gasteiger partial charge on any atom is 0.200 e. The molecule has 0 amide bonds. The fraction of sp³-hybridized carbons (Fsp3) is 0.463. The second-order valence-corrected chi connectivity index (χ2v) is 26.4. The van der Waals surface area contributed by atoms with Gasteiger partial charge in [-0.05, 0) is 193 Å². The van der Waals surface area contributed by atoms with E-state index in [-0.39, 0.29) is 59.1 Å². The Morgan fingerprint density at radius 1 is 0.396 bits per heavy atom. The van der Waals surface area contributed by atoms with E-state index < -0.39 is 5.60 Å². The van der Waals surface area contributed by atoms with Crippen molar-refractivity contribution < 1.29 is 92.3 Å². The summed E-state index contributed by atoms with van der Waals surface area (Å²) in [5, 5.41) is 58.7.